The average molecular weight is 293 g/mol. The zero-order valence-electron chi connectivity index (χ0n) is 9.90. The SMILES string of the molecule is CC.O=c1[n-]cc(-c2ccccc2)[nH]1.[CH3-].[Y]. The Balaban J connectivity index is 0. The second-order valence-corrected chi connectivity index (χ2v) is 2.47. The van der Waals surface area contributed by atoms with Gasteiger partial charge < -0.3 is 17.4 Å². The van der Waals surface area contributed by atoms with Crippen molar-refractivity contribution in [2.45, 2.75) is 13.8 Å². The van der Waals surface area contributed by atoms with Crippen molar-refractivity contribution in [2.24, 2.45) is 0 Å². The van der Waals surface area contributed by atoms with Crippen LogP contribution in [0.3, 0.4) is 0 Å². The maximum atomic E-state index is 10.7. The smallest absolute Gasteiger partial charge is 0.159 e. The van der Waals surface area contributed by atoms with Crippen molar-refractivity contribution in [2.75, 3.05) is 0 Å². The van der Waals surface area contributed by atoms with E-state index in [-0.39, 0.29) is 45.8 Å². The summed E-state index contributed by atoms with van der Waals surface area (Å²) in [5.41, 5.74) is 1.45. The molecule has 0 aliphatic heterocycles. The van der Waals surface area contributed by atoms with Crippen molar-refractivity contribution in [1.29, 1.82) is 0 Å². The van der Waals surface area contributed by atoms with Gasteiger partial charge in [-0.3, -0.25) is 4.79 Å². The summed E-state index contributed by atoms with van der Waals surface area (Å²) >= 11 is 0. The minimum absolute atomic E-state index is 0. The van der Waals surface area contributed by atoms with Gasteiger partial charge in [-0.15, -0.1) is 0 Å². The third kappa shape index (κ3) is 4.91. The van der Waals surface area contributed by atoms with E-state index in [4.69, 9.17) is 0 Å². The standard InChI is InChI=1S/C9H8N2O.C2H6.CH3.Y/c12-9-10-6-8(11-9)7-4-2-1-3-5-7;1-2;;/h1-6H,(H2,10,11,12);1-2H3;1H3;/q;;-1;/p-1. The van der Waals surface area contributed by atoms with Gasteiger partial charge in [-0.1, -0.05) is 50.4 Å². The number of rotatable bonds is 1. The van der Waals surface area contributed by atoms with E-state index in [9.17, 15) is 4.79 Å². The summed E-state index contributed by atoms with van der Waals surface area (Å²) in [6.45, 7) is 4.00. The van der Waals surface area contributed by atoms with Crippen LogP contribution in [0, 0.1) is 7.43 Å². The first-order valence-electron chi connectivity index (χ1n) is 4.64. The van der Waals surface area contributed by atoms with Crippen molar-refractivity contribution >= 4 is 0 Å². The number of nitrogens with zero attached hydrogens (tertiary/aromatic N) is 1. The van der Waals surface area contributed by atoms with Crippen molar-refractivity contribution < 1.29 is 32.7 Å². The third-order valence-corrected chi connectivity index (χ3v) is 1.64. The summed E-state index contributed by atoms with van der Waals surface area (Å²) in [5.74, 6) is 0. The van der Waals surface area contributed by atoms with Crippen molar-refractivity contribution in [1.82, 2.24) is 9.97 Å². The van der Waals surface area contributed by atoms with Crippen LogP contribution in [0.25, 0.3) is 11.3 Å². The summed E-state index contributed by atoms with van der Waals surface area (Å²) < 4.78 is 0. The van der Waals surface area contributed by atoms with Gasteiger partial charge >= 0.3 is 0 Å². The fraction of sp³-hybridized carbons (Fsp3) is 0.167. The van der Waals surface area contributed by atoms with E-state index in [1.807, 2.05) is 44.2 Å². The molecule has 1 aromatic heterocycles. The Hall–Kier alpha value is -0.666. The number of aromatic nitrogens is 2. The van der Waals surface area contributed by atoms with Gasteiger partial charge in [0.1, 0.15) is 0 Å². The molecule has 2 aromatic rings. The Morgan fingerprint density at radius 2 is 1.69 bits per heavy atom. The fourth-order valence-electron chi connectivity index (χ4n) is 1.07. The predicted octanol–water partition coefficient (Wildman–Crippen LogP) is 2.47. The molecule has 0 bridgehead atoms. The zero-order chi connectivity index (χ0) is 10.4. The molecule has 4 heteroatoms. The molecule has 1 N–H and O–H groups in total. The Labute approximate surface area is 122 Å². The Morgan fingerprint density at radius 1 is 1.12 bits per heavy atom. The van der Waals surface area contributed by atoms with Crippen LogP contribution in [0.4, 0.5) is 0 Å². The van der Waals surface area contributed by atoms with Crippen LogP contribution in [0.1, 0.15) is 13.8 Å². The monoisotopic (exact) mass is 293 g/mol. The average Bonchev–Trinajstić information content (AvgIpc) is 2.69. The van der Waals surface area contributed by atoms with Crippen LogP contribution >= 0.6 is 0 Å². The first kappa shape index (κ1) is 17.7. The normalized spacial score (nSPS) is 7.88. The number of aromatic amines is 1. The van der Waals surface area contributed by atoms with Gasteiger partial charge in [-0.2, -0.15) is 0 Å². The zero-order valence-corrected chi connectivity index (χ0v) is 12.7. The Bertz CT molecular complexity index is 420. The van der Waals surface area contributed by atoms with Gasteiger partial charge in [0, 0.05) is 32.7 Å². The predicted molar refractivity (Wildman–Crippen MR) is 63.6 cm³/mol. The molecular formula is C12H16N2OY-2. The van der Waals surface area contributed by atoms with Gasteiger partial charge in [0.25, 0.3) is 0 Å². The van der Waals surface area contributed by atoms with E-state index < -0.39 is 0 Å². The molecule has 1 aromatic carbocycles. The Morgan fingerprint density at radius 3 is 2.12 bits per heavy atom. The molecule has 0 aliphatic rings. The fourth-order valence-corrected chi connectivity index (χ4v) is 1.07. The van der Waals surface area contributed by atoms with E-state index in [1.54, 1.807) is 0 Å². The molecule has 1 heterocycles. The van der Waals surface area contributed by atoms with Crippen molar-refractivity contribution in [3.05, 3.63) is 54.4 Å². The van der Waals surface area contributed by atoms with Crippen LogP contribution in [-0.2, 0) is 32.7 Å². The topological polar surface area (TPSA) is 47.0 Å². The molecule has 16 heavy (non-hydrogen) atoms. The van der Waals surface area contributed by atoms with E-state index in [0.717, 1.165) is 11.3 Å². The number of hydrogen-bond acceptors (Lipinski definition) is 1. The van der Waals surface area contributed by atoms with Gasteiger partial charge in [0.2, 0.25) is 0 Å². The van der Waals surface area contributed by atoms with E-state index >= 15 is 0 Å². The summed E-state index contributed by atoms with van der Waals surface area (Å²) in [5, 5.41) is 0. The minimum atomic E-state index is -0.297. The molecule has 0 unspecified atom stereocenters. The van der Waals surface area contributed by atoms with Crippen molar-refractivity contribution in [3.63, 3.8) is 0 Å². The molecule has 0 atom stereocenters. The van der Waals surface area contributed by atoms with E-state index in [2.05, 4.69) is 9.97 Å². The molecular weight excluding hydrogens is 277 g/mol. The van der Waals surface area contributed by atoms with Crippen LogP contribution < -0.4 is 10.7 Å². The number of nitrogens with one attached hydrogen (secondary N) is 1. The summed E-state index contributed by atoms with van der Waals surface area (Å²) in [4.78, 5) is 16.9. The largest absolute Gasteiger partial charge is 0.424 e. The number of imidazole rings is 1. The second kappa shape index (κ2) is 9.55. The van der Waals surface area contributed by atoms with Gasteiger partial charge in [0.05, 0.1) is 0 Å². The van der Waals surface area contributed by atoms with Gasteiger partial charge in [0.15, 0.2) is 5.69 Å². The molecule has 0 spiro atoms. The molecule has 0 fully saturated rings. The molecule has 1 radical (unpaired) electrons. The van der Waals surface area contributed by atoms with Crippen LogP contribution in [0.15, 0.2) is 41.3 Å². The molecule has 0 amide bonds. The summed E-state index contributed by atoms with van der Waals surface area (Å²) in [6, 6.07) is 9.61. The van der Waals surface area contributed by atoms with Gasteiger partial charge in [-0.05, 0) is 11.3 Å². The number of H-pyrrole nitrogens is 1. The first-order valence-corrected chi connectivity index (χ1v) is 4.64. The third-order valence-electron chi connectivity index (χ3n) is 1.64. The Kier molecular flexibility index (Phi) is 10.6. The molecule has 85 valence electrons. The summed E-state index contributed by atoms with van der Waals surface area (Å²) in [7, 11) is 0. The first-order chi connectivity index (χ1) is 6.86. The molecule has 0 aliphatic carbocycles. The molecule has 0 saturated heterocycles. The minimum Gasteiger partial charge on any atom is -0.424 e. The van der Waals surface area contributed by atoms with Gasteiger partial charge in [-0.25, -0.2) is 0 Å². The van der Waals surface area contributed by atoms with Crippen LogP contribution in [-0.4, -0.2) is 4.98 Å². The second-order valence-electron chi connectivity index (χ2n) is 2.47. The number of hydrogen-bond donors (Lipinski definition) is 1. The maximum Gasteiger partial charge on any atom is 0.159 e. The van der Waals surface area contributed by atoms with Crippen LogP contribution in [0.2, 0.25) is 0 Å². The van der Waals surface area contributed by atoms with E-state index in [0.29, 0.717) is 0 Å². The van der Waals surface area contributed by atoms with E-state index in [1.165, 1.54) is 6.20 Å². The quantitative estimate of drug-likeness (QED) is 0.821. The molecule has 3 nitrogen and oxygen atoms in total. The molecule has 0 saturated carbocycles. The molecule has 2 rings (SSSR count). The summed E-state index contributed by atoms with van der Waals surface area (Å²) in [6.07, 6.45) is 1.54. The number of benzene rings is 1. The maximum absolute atomic E-state index is 10.7. The van der Waals surface area contributed by atoms with Crippen LogP contribution in [0.5, 0.6) is 0 Å². The van der Waals surface area contributed by atoms with Crippen molar-refractivity contribution in [3.8, 4) is 11.3 Å².